The number of carboxylic acids is 1. The van der Waals surface area contributed by atoms with Crippen molar-refractivity contribution in [2.45, 2.75) is 39.7 Å². The number of hydrogen-bond acceptors (Lipinski definition) is 4. The number of nitrogens with zero attached hydrogens (tertiary/aromatic N) is 1. The number of carboxylic acid groups (broad SMARTS) is 1. The van der Waals surface area contributed by atoms with Crippen LogP contribution < -0.4 is 10.6 Å². The zero-order chi connectivity index (χ0) is 16.4. The van der Waals surface area contributed by atoms with Gasteiger partial charge in [-0.15, -0.1) is 0 Å². The highest BCUT2D eigenvalue weighted by atomic mass is 16.4. The first kappa shape index (κ1) is 16.9. The van der Waals surface area contributed by atoms with Gasteiger partial charge in [0, 0.05) is 6.54 Å². The van der Waals surface area contributed by atoms with Gasteiger partial charge in [-0.3, -0.25) is 19.3 Å². The van der Waals surface area contributed by atoms with E-state index >= 15 is 0 Å². The van der Waals surface area contributed by atoms with E-state index in [0.717, 1.165) is 4.90 Å². The van der Waals surface area contributed by atoms with Crippen LogP contribution in [0.5, 0.6) is 0 Å². The first-order valence-corrected chi connectivity index (χ1v) is 6.67. The zero-order valence-corrected chi connectivity index (χ0v) is 12.6. The van der Waals surface area contributed by atoms with Crippen LogP contribution in [0.2, 0.25) is 0 Å². The summed E-state index contributed by atoms with van der Waals surface area (Å²) >= 11 is 0. The Morgan fingerprint density at radius 1 is 1.38 bits per heavy atom. The standard InChI is InChI=1S/C13H21N3O5/c1-5-13(4,10(19)20)7-14-8(17)6-16-9(18)12(2,3)15-11(16)21/h5-7H2,1-4H3,(H,14,17)(H,15,21)(H,19,20). The van der Waals surface area contributed by atoms with Gasteiger partial charge in [0.05, 0.1) is 5.41 Å². The monoisotopic (exact) mass is 299 g/mol. The molecule has 0 aromatic rings. The van der Waals surface area contributed by atoms with Gasteiger partial charge >= 0.3 is 12.0 Å². The molecule has 1 heterocycles. The van der Waals surface area contributed by atoms with Gasteiger partial charge in [0.25, 0.3) is 5.91 Å². The molecular formula is C13H21N3O5. The molecule has 1 saturated heterocycles. The molecule has 0 aromatic heterocycles. The number of carbonyl (C=O) groups is 4. The Labute approximate surface area is 122 Å². The van der Waals surface area contributed by atoms with Gasteiger partial charge in [-0.25, -0.2) is 4.79 Å². The Morgan fingerprint density at radius 2 is 1.95 bits per heavy atom. The van der Waals surface area contributed by atoms with E-state index in [0.29, 0.717) is 6.42 Å². The van der Waals surface area contributed by atoms with Crippen LogP contribution in [0.1, 0.15) is 34.1 Å². The van der Waals surface area contributed by atoms with E-state index < -0.39 is 41.3 Å². The summed E-state index contributed by atoms with van der Waals surface area (Å²) in [6, 6.07) is -0.628. The van der Waals surface area contributed by atoms with E-state index in [1.165, 1.54) is 6.92 Å². The molecule has 0 radical (unpaired) electrons. The summed E-state index contributed by atoms with van der Waals surface area (Å²) in [5.74, 6) is -2.07. The van der Waals surface area contributed by atoms with Crippen molar-refractivity contribution < 1.29 is 24.3 Å². The van der Waals surface area contributed by atoms with Gasteiger partial charge in [0.1, 0.15) is 12.1 Å². The van der Waals surface area contributed by atoms with Gasteiger partial charge < -0.3 is 15.7 Å². The summed E-state index contributed by atoms with van der Waals surface area (Å²) in [5.41, 5.74) is -2.11. The zero-order valence-electron chi connectivity index (χ0n) is 12.6. The second kappa shape index (κ2) is 5.71. The highest BCUT2D eigenvalue weighted by molar-refractivity contribution is 6.08. The number of imide groups is 1. The van der Waals surface area contributed by atoms with Crippen LogP contribution >= 0.6 is 0 Å². The van der Waals surface area contributed by atoms with E-state index in [9.17, 15) is 19.2 Å². The summed E-state index contributed by atoms with van der Waals surface area (Å²) in [7, 11) is 0. The molecule has 1 atom stereocenters. The van der Waals surface area contributed by atoms with Crippen molar-refractivity contribution in [3.05, 3.63) is 0 Å². The number of urea groups is 1. The fourth-order valence-electron chi connectivity index (χ4n) is 1.81. The quantitative estimate of drug-likeness (QED) is 0.594. The van der Waals surface area contributed by atoms with Crippen molar-refractivity contribution >= 4 is 23.8 Å². The lowest BCUT2D eigenvalue weighted by atomic mass is 9.88. The van der Waals surface area contributed by atoms with E-state index in [4.69, 9.17) is 5.11 Å². The second-order valence-corrected chi connectivity index (χ2v) is 5.94. The van der Waals surface area contributed by atoms with Crippen molar-refractivity contribution in [1.29, 1.82) is 0 Å². The van der Waals surface area contributed by atoms with Crippen LogP contribution in [0.15, 0.2) is 0 Å². The molecule has 4 amide bonds. The third kappa shape index (κ3) is 3.50. The molecule has 0 aromatic carbocycles. The largest absolute Gasteiger partial charge is 0.481 e. The number of carbonyl (C=O) groups excluding carboxylic acids is 3. The Morgan fingerprint density at radius 3 is 2.33 bits per heavy atom. The molecule has 0 spiro atoms. The molecule has 8 heteroatoms. The molecule has 21 heavy (non-hydrogen) atoms. The van der Waals surface area contributed by atoms with Crippen LogP contribution in [0.3, 0.4) is 0 Å². The fraction of sp³-hybridized carbons (Fsp3) is 0.692. The lowest BCUT2D eigenvalue weighted by Crippen LogP contribution is -2.46. The van der Waals surface area contributed by atoms with Crippen LogP contribution in [-0.2, 0) is 14.4 Å². The molecule has 1 unspecified atom stereocenters. The lowest BCUT2D eigenvalue weighted by Gasteiger charge is -2.23. The molecule has 0 saturated carbocycles. The van der Waals surface area contributed by atoms with Gasteiger partial charge in [-0.2, -0.15) is 0 Å². The molecule has 0 bridgehead atoms. The average Bonchev–Trinajstić information content (AvgIpc) is 2.58. The Bertz CT molecular complexity index is 488. The number of amides is 4. The van der Waals surface area contributed by atoms with Crippen molar-refractivity contribution in [2.75, 3.05) is 13.1 Å². The lowest BCUT2D eigenvalue weighted by molar-refractivity contribution is -0.148. The summed E-state index contributed by atoms with van der Waals surface area (Å²) < 4.78 is 0. The summed E-state index contributed by atoms with van der Waals surface area (Å²) in [6.07, 6.45) is 0.346. The molecule has 0 aliphatic carbocycles. The highest BCUT2D eigenvalue weighted by Crippen LogP contribution is 2.20. The number of hydrogen-bond donors (Lipinski definition) is 3. The smallest absolute Gasteiger partial charge is 0.325 e. The van der Waals surface area contributed by atoms with Gasteiger partial charge in [-0.1, -0.05) is 6.92 Å². The molecule has 3 N–H and O–H groups in total. The highest BCUT2D eigenvalue weighted by Gasteiger charge is 2.45. The number of nitrogens with one attached hydrogen (secondary N) is 2. The average molecular weight is 299 g/mol. The molecule has 1 fully saturated rings. The molecule has 1 aliphatic rings. The normalized spacial score (nSPS) is 19.9. The summed E-state index contributed by atoms with van der Waals surface area (Å²) in [4.78, 5) is 47.3. The first-order valence-electron chi connectivity index (χ1n) is 6.67. The molecule has 8 nitrogen and oxygen atoms in total. The number of aliphatic carboxylic acids is 1. The van der Waals surface area contributed by atoms with Gasteiger partial charge in [-0.05, 0) is 27.2 Å². The predicted molar refractivity (Wildman–Crippen MR) is 73.4 cm³/mol. The van der Waals surface area contributed by atoms with Crippen molar-refractivity contribution in [3.63, 3.8) is 0 Å². The Hall–Kier alpha value is -2.12. The maximum atomic E-state index is 11.9. The minimum Gasteiger partial charge on any atom is -0.481 e. The molecule has 1 rings (SSSR count). The van der Waals surface area contributed by atoms with Crippen molar-refractivity contribution in [2.24, 2.45) is 5.41 Å². The van der Waals surface area contributed by atoms with Gasteiger partial charge in [0.2, 0.25) is 5.91 Å². The van der Waals surface area contributed by atoms with Crippen LogP contribution in [0.4, 0.5) is 4.79 Å². The van der Waals surface area contributed by atoms with Crippen LogP contribution in [0, 0.1) is 5.41 Å². The van der Waals surface area contributed by atoms with Crippen molar-refractivity contribution in [3.8, 4) is 0 Å². The minimum absolute atomic E-state index is 0.0648. The maximum Gasteiger partial charge on any atom is 0.325 e. The topological polar surface area (TPSA) is 116 Å². The van der Waals surface area contributed by atoms with E-state index in [2.05, 4.69) is 10.6 Å². The predicted octanol–water partition coefficient (Wildman–Crippen LogP) is -0.0661. The SMILES string of the molecule is CCC(C)(CNC(=O)CN1C(=O)NC(C)(C)C1=O)C(=O)O. The first-order chi connectivity index (χ1) is 9.53. The van der Waals surface area contributed by atoms with Crippen LogP contribution in [0.25, 0.3) is 0 Å². The van der Waals surface area contributed by atoms with E-state index in [1.807, 2.05) is 0 Å². The van der Waals surface area contributed by atoms with E-state index in [1.54, 1.807) is 20.8 Å². The summed E-state index contributed by atoms with van der Waals surface area (Å²) in [6.45, 7) is 5.83. The molecule has 118 valence electrons. The fourth-order valence-corrected chi connectivity index (χ4v) is 1.81. The van der Waals surface area contributed by atoms with Gasteiger partial charge in [0.15, 0.2) is 0 Å². The van der Waals surface area contributed by atoms with E-state index in [-0.39, 0.29) is 6.54 Å². The Balaban J connectivity index is 2.61. The molecule has 1 aliphatic heterocycles. The molecular weight excluding hydrogens is 278 g/mol. The van der Waals surface area contributed by atoms with Crippen LogP contribution in [-0.4, -0.2) is 52.4 Å². The second-order valence-electron chi connectivity index (χ2n) is 5.94. The summed E-state index contributed by atoms with van der Waals surface area (Å²) in [5, 5.41) is 14.0. The minimum atomic E-state index is -1.08. The third-order valence-electron chi connectivity index (χ3n) is 3.72. The third-order valence-corrected chi connectivity index (χ3v) is 3.72. The Kier molecular flexibility index (Phi) is 4.60. The maximum absolute atomic E-state index is 11.9. The number of rotatable bonds is 6. The van der Waals surface area contributed by atoms with Crippen molar-refractivity contribution in [1.82, 2.24) is 15.5 Å².